The second-order valence-electron chi connectivity index (χ2n) is 4.79. The molecule has 0 aliphatic rings. The van der Waals surface area contributed by atoms with Gasteiger partial charge in [0.15, 0.2) is 0 Å². The number of nitrogens with zero attached hydrogens (tertiary/aromatic N) is 3. The molecule has 0 radical (unpaired) electrons. The van der Waals surface area contributed by atoms with Gasteiger partial charge in [-0.3, -0.25) is 4.98 Å². The normalized spacial score (nSPS) is 10.7. The first kappa shape index (κ1) is 12.4. The monoisotopic (exact) mass is 264 g/mol. The average molecular weight is 264 g/mol. The van der Waals surface area contributed by atoms with Gasteiger partial charge in [0.25, 0.3) is 0 Å². The van der Waals surface area contributed by atoms with Gasteiger partial charge in [0.1, 0.15) is 5.82 Å². The maximum Gasteiger partial charge on any atom is 0.130 e. The smallest absolute Gasteiger partial charge is 0.130 e. The van der Waals surface area contributed by atoms with Crippen LogP contribution in [0.2, 0.25) is 0 Å². The molecule has 0 fully saturated rings. The molecule has 1 aromatic carbocycles. The van der Waals surface area contributed by atoms with Crippen molar-refractivity contribution in [3.8, 4) is 16.9 Å². The lowest BCUT2D eigenvalue weighted by Gasteiger charge is -2.02. The number of hydrogen-bond acceptors (Lipinski definition) is 3. The molecule has 0 amide bonds. The third kappa shape index (κ3) is 2.05. The number of para-hydroxylation sites is 1. The minimum absolute atomic E-state index is 0.667. The molecule has 2 aromatic heterocycles. The van der Waals surface area contributed by atoms with E-state index < -0.39 is 0 Å². The van der Waals surface area contributed by atoms with Gasteiger partial charge < -0.3 is 5.73 Å². The van der Waals surface area contributed by atoms with Crippen molar-refractivity contribution in [2.24, 2.45) is 0 Å². The molecule has 20 heavy (non-hydrogen) atoms. The molecule has 0 bridgehead atoms. The Morgan fingerprint density at radius 3 is 2.50 bits per heavy atom. The second kappa shape index (κ2) is 4.81. The van der Waals surface area contributed by atoms with Crippen molar-refractivity contribution in [3.63, 3.8) is 0 Å². The first-order valence-corrected chi connectivity index (χ1v) is 6.50. The van der Waals surface area contributed by atoms with E-state index in [9.17, 15) is 0 Å². The summed E-state index contributed by atoms with van der Waals surface area (Å²) < 4.78 is 1.78. The summed E-state index contributed by atoms with van der Waals surface area (Å²) in [4.78, 5) is 4.22. The highest BCUT2D eigenvalue weighted by atomic mass is 15.3. The van der Waals surface area contributed by atoms with Crippen LogP contribution >= 0.6 is 0 Å². The van der Waals surface area contributed by atoms with Crippen molar-refractivity contribution < 1.29 is 0 Å². The van der Waals surface area contributed by atoms with Gasteiger partial charge in [0.2, 0.25) is 0 Å². The Kier molecular flexibility index (Phi) is 2.99. The molecule has 100 valence electrons. The number of nitrogens with two attached hydrogens (primary N) is 1. The Hall–Kier alpha value is -2.62. The van der Waals surface area contributed by atoms with Crippen LogP contribution in [0.15, 0.2) is 48.7 Å². The molecule has 0 aliphatic carbocycles. The largest absolute Gasteiger partial charge is 0.383 e. The molecule has 3 aromatic rings. The number of pyridine rings is 1. The van der Waals surface area contributed by atoms with Crippen LogP contribution in [0.5, 0.6) is 0 Å². The number of aryl methyl sites for hydroxylation is 1. The lowest BCUT2D eigenvalue weighted by molar-refractivity contribution is 0.895. The van der Waals surface area contributed by atoms with Crippen LogP contribution in [0.1, 0.15) is 11.3 Å². The summed E-state index contributed by atoms with van der Waals surface area (Å²) in [5, 5.41) is 4.65. The van der Waals surface area contributed by atoms with Gasteiger partial charge in [-0.25, -0.2) is 4.68 Å². The number of hydrogen-bond donors (Lipinski definition) is 1. The van der Waals surface area contributed by atoms with Gasteiger partial charge in [-0.1, -0.05) is 18.2 Å². The Labute approximate surface area is 117 Å². The van der Waals surface area contributed by atoms with Crippen LogP contribution in [0.3, 0.4) is 0 Å². The molecular formula is C16H16N4. The maximum atomic E-state index is 6.20. The van der Waals surface area contributed by atoms with Crippen molar-refractivity contribution in [2.75, 3.05) is 5.73 Å². The van der Waals surface area contributed by atoms with Crippen molar-refractivity contribution >= 4 is 5.82 Å². The van der Waals surface area contributed by atoms with Crippen molar-refractivity contribution in [1.29, 1.82) is 0 Å². The summed E-state index contributed by atoms with van der Waals surface area (Å²) in [7, 11) is 0. The molecule has 0 unspecified atom stereocenters. The number of aromatic nitrogens is 3. The first-order chi connectivity index (χ1) is 9.66. The predicted octanol–water partition coefficient (Wildman–Crippen LogP) is 3.13. The number of rotatable bonds is 2. The fourth-order valence-corrected chi connectivity index (χ4v) is 2.24. The highest BCUT2D eigenvalue weighted by Gasteiger charge is 2.14. The summed E-state index contributed by atoms with van der Waals surface area (Å²) >= 11 is 0. The van der Waals surface area contributed by atoms with Crippen LogP contribution in [0.25, 0.3) is 16.9 Å². The molecule has 4 heteroatoms. The fourth-order valence-electron chi connectivity index (χ4n) is 2.24. The standard InChI is InChI=1S/C16H16N4/c1-11-10-13(8-9-18-11)15-12(2)16(17)20(19-15)14-6-4-3-5-7-14/h3-10H,17H2,1-2H3. The van der Waals surface area contributed by atoms with E-state index in [-0.39, 0.29) is 0 Å². The molecule has 0 spiro atoms. The van der Waals surface area contributed by atoms with E-state index >= 15 is 0 Å². The zero-order chi connectivity index (χ0) is 14.1. The minimum Gasteiger partial charge on any atom is -0.383 e. The average Bonchev–Trinajstić information content (AvgIpc) is 2.76. The molecule has 0 aliphatic heterocycles. The van der Waals surface area contributed by atoms with E-state index in [0.29, 0.717) is 5.82 Å². The van der Waals surface area contributed by atoms with E-state index in [1.54, 1.807) is 10.9 Å². The molecule has 2 heterocycles. The van der Waals surface area contributed by atoms with E-state index in [0.717, 1.165) is 28.2 Å². The van der Waals surface area contributed by atoms with Gasteiger partial charge in [0, 0.05) is 23.0 Å². The third-order valence-corrected chi connectivity index (χ3v) is 3.34. The topological polar surface area (TPSA) is 56.7 Å². The van der Waals surface area contributed by atoms with Gasteiger partial charge in [0.05, 0.1) is 11.4 Å². The zero-order valence-electron chi connectivity index (χ0n) is 11.5. The van der Waals surface area contributed by atoms with Gasteiger partial charge in [-0.2, -0.15) is 5.10 Å². The second-order valence-corrected chi connectivity index (χ2v) is 4.79. The highest BCUT2D eigenvalue weighted by Crippen LogP contribution is 2.28. The summed E-state index contributed by atoms with van der Waals surface area (Å²) in [6.45, 7) is 3.96. The number of anilines is 1. The molecule has 0 saturated carbocycles. The third-order valence-electron chi connectivity index (χ3n) is 3.34. The van der Waals surface area contributed by atoms with Gasteiger partial charge in [-0.05, 0) is 38.1 Å². The molecule has 2 N–H and O–H groups in total. The lowest BCUT2D eigenvalue weighted by Crippen LogP contribution is -2.01. The van der Waals surface area contributed by atoms with Crippen molar-refractivity contribution in [2.45, 2.75) is 13.8 Å². The maximum absolute atomic E-state index is 6.20. The molecular weight excluding hydrogens is 248 g/mol. The van der Waals surface area contributed by atoms with Crippen LogP contribution in [0, 0.1) is 13.8 Å². The van der Waals surface area contributed by atoms with Crippen molar-refractivity contribution in [3.05, 3.63) is 59.9 Å². The van der Waals surface area contributed by atoms with Crippen LogP contribution in [0.4, 0.5) is 5.82 Å². The Morgan fingerprint density at radius 2 is 1.80 bits per heavy atom. The Bertz CT molecular complexity index is 744. The van der Waals surface area contributed by atoms with Gasteiger partial charge >= 0.3 is 0 Å². The number of nitrogen functional groups attached to an aromatic ring is 1. The minimum atomic E-state index is 0.667. The molecule has 3 rings (SSSR count). The van der Waals surface area contributed by atoms with E-state index in [1.165, 1.54) is 0 Å². The summed E-state index contributed by atoms with van der Waals surface area (Å²) in [6.07, 6.45) is 1.79. The van der Waals surface area contributed by atoms with Crippen LogP contribution in [-0.2, 0) is 0 Å². The molecule has 0 saturated heterocycles. The predicted molar refractivity (Wildman–Crippen MR) is 80.7 cm³/mol. The molecule has 4 nitrogen and oxygen atoms in total. The fraction of sp³-hybridized carbons (Fsp3) is 0.125. The SMILES string of the molecule is Cc1cc(-c2nn(-c3ccccc3)c(N)c2C)ccn1. The van der Waals surface area contributed by atoms with Crippen LogP contribution in [-0.4, -0.2) is 14.8 Å². The summed E-state index contributed by atoms with van der Waals surface area (Å²) in [5.41, 5.74) is 11.0. The summed E-state index contributed by atoms with van der Waals surface area (Å²) in [5.74, 6) is 0.667. The van der Waals surface area contributed by atoms with E-state index in [4.69, 9.17) is 5.73 Å². The summed E-state index contributed by atoms with van der Waals surface area (Å²) in [6, 6.07) is 13.9. The highest BCUT2D eigenvalue weighted by molar-refractivity contribution is 5.69. The molecule has 0 atom stereocenters. The zero-order valence-corrected chi connectivity index (χ0v) is 11.5. The van der Waals surface area contributed by atoms with Gasteiger partial charge in [-0.15, -0.1) is 0 Å². The Balaban J connectivity index is 2.16. The Morgan fingerprint density at radius 1 is 1.05 bits per heavy atom. The lowest BCUT2D eigenvalue weighted by atomic mass is 10.1. The number of benzene rings is 1. The van der Waals surface area contributed by atoms with E-state index in [1.807, 2.05) is 56.3 Å². The quantitative estimate of drug-likeness (QED) is 0.773. The van der Waals surface area contributed by atoms with Crippen LogP contribution < -0.4 is 5.73 Å². The van der Waals surface area contributed by atoms with E-state index in [2.05, 4.69) is 10.1 Å². The first-order valence-electron chi connectivity index (χ1n) is 6.50. The van der Waals surface area contributed by atoms with Crippen molar-refractivity contribution in [1.82, 2.24) is 14.8 Å².